The molecule has 0 amide bonds. The Balaban J connectivity index is 2.51. The van der Waals surface area contributed by atoms with Crippen LogP contribution in [0.2, 0.25) is 0 Å². The summed E-state index contributed by atoms with van der Waals surface area (Å²) in [6, 6.07) is 0. The zero-order valence-electron chi connectivity index (χ0n) is 9.66. The number of aryl methyl sites for hydroxylation is 2. The van der Waals surface area contributed by atoms with Crippen LogP contribution in [0.1, 0.15) is 48.5 Å². The molecule has 0 spiro atoms. The quantitative estimate of drug-likeness (QED) is 0.844. The first kappa shape index (κ1) is 11.0. The maximum atomic E-state index is 11.2. The number of aliphatic carboxylic acids is 1. The zero-order valence-corrected chi connectivity index (χ0v) is 9.66. The van der Waals surface area contributed by atoms with Crippen LogP contribution < -0.4 is 0 Å². The molecule has 0 saturated carbocycles. The van der Waals surface area contributed by atoms with Crippen LogP contribution in [-0.2, 0) is 17.6 Å². The molecular weight excluding hydrogens is 204 g/mol. The topological polar surface area (TPSA) is 63.1 Å². The van der Waals surface area contributed by atoms with Gasteiger partial charge in [0.1, 0.15) is 5.82 Å². The Kier molecular flexibility index (Phi) is 2.90. The maximum absolute atomic E-state index is 11.2. The van der Waals surface area contributed by atoms with E-state index in [0.29, 0.717) is 12.2 Å². The molecule has 1 atom stereocenters. The van der Waals surface area contributed by atoms with Crippen molar-refractivity contribution in [3.05, 3.63) is 22.8 Å². The first-order valence-electron chi connectivity index (χ1n) is 5.72. The summed E-state index contributed by atoms with van der Waals surface area (Å²) in [7, 11) is 0. The van der Waals surface area contributed by atoms with Gasteiger partial charge in [0.2, 0.25) is 0 Å². The number of hydrogen-bond acceptors (Lipinski definition) is 3. The minimum absolute atomic E-state index is 0.478. The third-order valence-electron chi connectivity index (χ3n) is 3.11. The third kappa shape index (κ3) is 1.79. The number of carboxylic acids is 1. The number of aromatic nitrogens is 2. The molecule has 0 radical (unpaired) electrons. The van der Waals surface area contributed by atoms with Crippen molar-refractivity contribution in [2.75, 3.05) is 0 Å². The van der Waals surface area contributed by atoms with E-state index in [2.05, 4.69) is 9.97 Å². The number of carbonyl (C=O) groups is 1. The second-order valence-electron chi connectivity index (χ2n) is 4.23. The van der Waals surface area contributed by atoms with Gasteiger partial charge >= 0.3 is 5.97 Å². The molecule has 0 aliphatic heterocycles. The van der Waals surface area contributed by atoms with E-state index < -0.39 is 11.9 Å². The number of nitrogens with zero attached hydrogens (tertiary/aromatic N) is 2. The van der Waals surface area contributed by atoms with Gasteiger partial charge in [0.15, 0.2) is 0 Å². The van der Waals surface area contributed by atoms with Crippen molar-refractivity contribution in [3.8, 4) is 0 Å². The van der Waals surface area contributed by atoms with Crippen LogP contribution in [0, 0.1) is 6.92 Å². The van der Waals surface area contributed by atoms with Crippen molar-refractivity contribution >= 4 is 5.97 Å². The summed E-state index contributed by atoms with van der Waals surface area (Å²) in [5, 5.41) is 9.19. The molecule has 4 heteroatoms. The molecule has 2 rings (SSSR count). The van der Waals surface area contributed by atoms with Crippen LogP contribution >= 0.6 is 0 Å². The minimum Gasteiger partial charge on any atom is -0.481 e. The molecule has 1 aliphatic rings. The van der Waals surface area contributed by atoms with Gasteiger partial charge in [-0.25, -0.2) is 9.97 Å². The SMILES string of the molecule is CCC(C(=O)O)c1nc(C)nc2c1CCC2. The monoisotopic (exact) mass is 220 g/mol. The predicted molar refractivity (Wildman–Crippen MR) is 59.5 cm³/mol. The average Bonchev–Trinajstić information content (AvgIpc) is 2.65. The Hall–Kier alpha value is -1.45. The lowest BCUT2D eigenvalue weighted by Crippen LogP contribution is -2.16. The molecule has 0 aromatic carbocycles. The zero-order chi connectivity index (χ0) is 11.7. The number of rotatable bonds is 3. The van der Waals surface area contributed by atoms with Crippen molar-refractivity contribution in [1.82, 2.24) is 9.97 Å². The highest BCUT2D eigenvalue weighted by Gasteiger charge is 2.27. The highest BCUT2D eigenvalue weighted by molar-refractivity contribution is 5.76. The molecule has 16 heavy (non-hydrogen) atoms. The minimum atomic E-state index is -0.783. The Morgan fingerprint density at radius 2 is 2.19 bits per heavy atom. The summed E-state index contributed by atoms with van der Waals surface area (Å²) < 4.78 is 0. The fourth-order valence-electron chi connectivity index (χ4n) is 2.36. The number of carboxylic acid groups (broad SMARTS) is 1. The third-order valence-corrected chi connectivity index (χ3v) is 3.11. The second-order valence-corrected chi connectivity index (χ2v) is 4.23. The van der Waals surface area contributed by atoms with E-state index >= 15 is 0 Å². The summed E-state index contributed by atoms with van der Waals surface area (Å²) in [6.07, 6.45) is 3.53. The summed E-state index contributed by atoms with van der Waals surface area (Å²) >= 11 is 0. The van der Waals surface area contributed by atoms with Crippen molar-refractivity contribution in [1.29, 1.82) is 0 Å². The van der Waals surface area contributed by atoms with E-state index in [-0.39, 0.29) is 0 Å². The van der Waals surface area contributed by atoms with Crippen molar-refractivity contribution in [3.63, 3.8) is 0 Å². The van der Waals surface area contributed by atoms with Gasteiger partial charge in [-0.15, -0.1) is 0 Å². The van der Waals surface area contributed by atoms with Crippen molar-refractivity contribution in [2.24, 2.45) is 0 Å². The van der Waals surface area contributed by atoms with E-state index in [4.69, 9.17) is 0 Å². The largest absolute Gasteiger partial charge is 0.481 e. The van der Waals surface area contributed by atoms with Crippen LogP contribution in [-0.4, -0.2) is 21.0 Å². The van der Waals surface area contributed by atoms with Gasteiger partial charge in [-0.2, -0.15) is 0 Å². The summed E-state index contributed by atoms with van der Waals surface area (Å²) in [4.78, 5) is 19.9. The van der Waals surface area contributed by atoms with Gasteiger partial charge in [0, 0.05) is 5.69 Å². The highest BCUT2D eigenvalue weighted by Crippen LogP contribution is 2.29. The normalized spacial score (nSPS) is 15.9. The van der Waals surface area contributed by atoms with Crippen LogP contribution in [0.25, 0.3) is 0 Å². The van der Waals surface area contributed by atoms with Crippen molar-refractivity contribution < 1.29 is 9.90 Å². The molecular formula is C12H16N2O2. The first-order chi connectivity index (χ1) is 7.63. The van der Waals surface area contributed by atoms with Gasteiger partial charge in [0.25, 0.3) is 0 Å². The highest BCUT2D eigenvalue weighted by atomic mass is 16.4. The van der Waals surface area contributed by atoms with Crippen LogP contribution in [0.15, 0.2) is 0 Å². The van der Waals surface area contributed by atoms with Crippen LogP contribution in [0.3, 0.4) is 0 Å². The van der Waals surface area contributed by atoms with Gasteiger partial charge < -0.3 is 5.11 Å². The van der Waals surface area contributed by atoms with E-state index in [9.17, 15) is 9.90 Å². The Labute approximate surface area is 94.7 Å². The number of hydrogen-bond donors (Lipinski definition) is 1. The molecule has 86 valence electrons. The summed E-state index contributed by atoms with van der Waals surface area (Å²) in [6.45, 7) is 3.72. The lowest BCUT2D eigenvalue weighted by Gasteiger charge is -2.14. The van der Waals surface area contributed by atoms with Gasteiger partial charge in [-0.3, -0.25) is 4.79 Å². The fraction of sp³-hybridized carbons (Fsp3) is 0.583. The number of fused-ring (bicyclic) bond motifs is 1. The lowest BCUT2D eigenvalue weighted by molar-refractivity contribution is -0.139. The molecule has 1 aromatic rings. The molecule has 1 aliphatic carbocycles. The smallest absolute Gasteiger partial charge is 0.312 e. The predicted octanol–water partition coefficient (Wildman–Crippen LogP) is 1.85. The van der Waals surface area contributed by atoms with Gasteiger partial charge in [0.05, 0.1) is 11.6 Å². The Morgan fingerprint density at radius 3 is 2.81 bits per heavy atom. The van der Waals surface area contributed by atoms with Gasteiger partial charge in [-0.1, -0.05) is 6.92 Å². The fourth-order valence-corrected chi connectivity index (χ4v) is 2.36. The molecule has 1 unspecified atom stereocenters. The van der Waals surface area contributed by atoms with Crippen LogP contribution in [0.4, 0.5) is 0 Å². The lowest BCUT2D eigenvalue weighted by atomic mass is 9.97. The molecule has 1 aromatic heterocycles. The molecule has 0 saturated heterocycles. The Bertz CT molecular complexity index is 429. The molecule has 0 fully saturated rings. The van der Waals surface area contributed by atoms with Crippen LogP contribution in [0.5, 0.6) is 0 Å². The van der Waals surface area contributed by atoms with E-state index in [0.717, 1.165) is 36.2 Å². The van der Waals surface area contributed by atoms with Gasteiger partial charge in [-0.05, 0) is 38.2 Å². The Morgan fingerprint density at radius 1 is 1.44 bits per heavy atom. The molecule has 1 N–H and O–H groups in total. The summed E-state index contributed by atoms with van der Waals surface area (Å²) in [5.74, 6) is -0.571. The maximum Gasteiger partial charge on any atom is 0.312 e. The second kappa shape index (κ2) is 4.20. The average molecular weight is 220 g/mol. The summed E-state index contributed by atoms with van der Waals surface area (Å²) in [5.41, 5.74) is 2.89. The molecule has 1 heterocycles. The van der Waals surface area contributed by atoms with E-state index in [1.165, 1.54) is 0 Å². The standard InChI is InChI=1S/C12H16N2O2/c1-3-8(12(15)16)11-9-5-4-6-10(9)13-7(2)14-11/h8H,3-6H2,1-2H3,(H,15,16). The van der Waals surface area contributed by atoms with E-state index in [1.54, 1.807) is 0 Å². The molecule has 4 nitrogen and oxygen atoms in total. The van der Waals surface area contributed by atoms with E-state index in [1.807, 2.05) is 13.8 Å². The van der Waals surface area contributed by atoms with Crippen molar-refractivity contribution in [2.45, 2.75) is 45.4 Å². The molecule has 0 bridgehead atoms. The first-order valence-corrected chi connectivity index (χ1v) is 5.72.